The van der Waals surface area contributed by atoms with E-state index in [1.165, 1.54) is 18.3 Å². The van der Waals surface area contributed by atoms with E-state index in [0.717, 1.165) is 5.56 Å². The summed E-state index contributed by atoms with van der Waals surface area (Å²) >= 11 is 17.8. The van der Waals surface area contributed by atoms with Crippen molar-refractivity contribution in [1.82, 2.24) is 5.43 Å². The predicted molar refractivity (Wildman–Crippen MR) is 145 cm³/mol. The van der Waals surface area contributed by atoms with Crippen LogP contribution in [0.25, 0.3) is 0 Å². The van der Waals surface area contributed by atoms with Crippen LogP contribution in [0.2, 0.25) is 15.1 Å². The fourth-order valence-electron chi connectivity index (χ4n) is 3.16. The highest BCUT2D eigenvalue weighted by atomic mass is 35.5. The van der Waals surface area contributed by atoms with E-state index in [0.29, 0.717) is 39.3 Å². The van der Waals surface area contributed by atoms with Crippen molar-refractivity contribution in [2.45, 2.75) is 6.61 Å². The number of ether oxygens (including phenoxy) is 2. The number of benzene rings is 4. The average Bonchev–Trinajstić information content (AvgIpc) is 2.89. The van der Waals surface area contributed by atoms with Crippen LogP contribution in [-0.2, 0) is 6.61 Å². The maximum Gasteiger partial charge on any atom is 0.345 e. The van der Waals surface area contributed by atoms with Crippen molar-refractivity contribution >= 4 is 52.9 Å². The number of hydrogen-bond donors (Lipinski definition) is 1. The van der Waals surface area contributed by atoms with Gasteiger partial charge in [0, 0.05) is 15.6 Å². The molecule has 186 valence electrons. The Morgan fingerprint density at radius 2 is 1.54 bits per heavy atom. The molecule has 0 spiro atoms. The van der Waals surface area contributed by atoms with Gasteiger partial charge in [-0.05, 0) is 77.9 Å². The van der Waals surface area contributed by atoms with E-state index < -0.39 is 5.97 Å². The molecule has 0 aliphatic rings. The minimum absolute atomic E-state index is 0.193. The minimum atomic E-state index is -0.621. The molecule has 4 aromatic rings. The van der Waals surface area contributed by atoms with Crippen molar-refractivity contribution in [1.29, 1.82) is 0 Å². The summed E-state index contributed by atoms with van der Waals surface area (Å²) in [5.74, 6) is -0.0909. The number of hydrogen-bond acceptors (Lipinski definition) is 5. The molecule has 0 fully saturated rings. The topological polar surface area (TPSA) is 77.0 Å². The zero-order chi connectivity index (χ0) is 26.2. The SMILES string of the molecule is O=C(N/N=C\c1cccc(OC(=O)c2ccc(Cl)cc2Cl)c1)c1ccc(OCc2ccc(Cl)cc2)cc1. The molecular formula is C28H19Cl3N2O4. The summed E-state index contributed by atoms with van der Waals surface area (Å²) in [5, 5.41) is 5.26. The Hall–Kier alpha value is -3.84. The molecule has 37 heavy (non-hydrogen) atoms. The van der Waals surface area contributed by atoms with Crippen molar-refractivity contribution in [2.24, 2.45) is 5.10 Å². The third kappa shape index (κ3) is 7.57. The second-order valence-corrected chi connectivity index (χ2v) is 9.00. The first-order chi connectivity index (χ1) is 17.9. The Bertz CT molecular complexity index is 1440. The van der Waals surface area contributed by atoms with Gasteiger partial charge in [0.05, 0.1) is 16.8 Å². The van der Waals surface area contributed by atoms with E-state index in [9.17, 15) is 9.59 Å². The molecule has 1 amide bonds. The monoisotopic (exact) mass is 552 g/mol. The Morgan fingerprint density at radius 1 is 0.811 bits per heavy atom. The van der Waals surface area contributed by atoms with E-state index >= 15 is 0 Å². The fraction of sp³-hybridized carbons (Fsp3) is 0.0357. The minimum Gasteiger partial charge on any atom is -0.489 e. The van der Waals surface area contributed by atoms with E-state index in [2.05, 4.69) is 10.5 Å². The van der Waals surface area contributed by atoms with Crippen LogP contribution in [0.1, 0.15) is 31.8 Å². The van der Waals surface area contributed by atoms with Crippen LogP contribution in [0.5, 0.6) is 11.5 Å². The van der Waals surface area contributed by atoms with Crippen molar-refractivity contribution in [2.75, 3.05) is 0 Å². The molecule has 0 heterocycles. The second kappa shape index (κ2) is 12.4. The smallest absolute Gasteiger partial charge is 0.345 e. The van der Waals surface area contributed by atoms with Gasteiger partial charge in [-0.1, -0.05) is 59.1 Å². The van der Waals surface area contributed by atoms with Crippen molar-refractivity contribution in [3.63, 3.8) is 0 Å². The van der Waals surface area contributed by atoms with E-state index in [1.54, 1.807) is 66.7 Å². The predicted octanol–water partition coefficient (Wildman–Crippen LogP) is 7.21. The van der Waals surface area contributed by atoms with Crippen LogP contribution in [0.3, 0.4) is 0 Å². The van der Waals surface area contributed by atoms with Crippen LogP contribution in [0, 0.1) is 0 Å². The zero-order valence-corrected chi connectivity index (χ0v) is 21.4. The lowest BCUT2D eigenvalue weighted by molar-refractivity contribution is 0.0734. The van der Waals surface area contributed by atoms with E-state index in [-0.39, 0.29) is 16.5 Å². The van der Waals surface area contributed by atoms with Gasteiger partial charge < -0.3 is 9.47 Å². The Balaban J connectivity index is 1.30. The molecule has 6 nitrogen and oxygen atoms in total. The van der Waals surface area contributed by atoms with Crippen molar-refractivity contribution in [3.8, 4) is 11.5 Å². The quantitative estimate of drug-likeness (QED) is 0.108. The van der Waals surface area contributed by atoms with Crippen molar-refractivity contribution < 1.29 is 19.1 Å². The number of halogens is 3. The molecule has 4 aromatic carbocycles. The van der Waals surface area contributed by atoms with Gasteiger partial charge in [-0.3, -0.25) is 4.79 Å². The molecule has 0 bridgehead atoms. The lowest BCUT2D eigenvalue weighted by Gasteiger charge is -2.07. The molecular weight excluding hydrogens is 535 g/mol. The van der Waals surface area contributed by atoms with Gasteiger partial charge in [-0.2, -0.15) is 5.10 Å². The van der Waals surface area contributed by atoms with Gasteiger partial charge in [0.1, 0.15) is 18.1 Å². The summed E-state index contributed by atoms with van der Waals surface area (Å²) in [6.45, 7) is 0.383. The largest absolute Gasteiger partial charge is 0.489 e. The second-order valence-electron chi connectivity index (χ2n) is 7.72. The molecule has 0 aromatic heterocycles. The maximum atomic E-state index is 12.4. The number of amides is 1. The van der Waals surface area contributed by atoms with Crippen LogP contribution in [-0.4, -0.2) is 18.1 Å². The van der Waals surface area contributed by atoms with Gasteiger partial charge in [0.2, 0.25) is 0 Å². The number of carbonyl (C=O) groups is 2. The Kier molecular flexibility index (Phi) is 8.80. The fourth-order valence-corrected chi connectivity index (χ4v) is 3.77. The molecule has 0 saturated carbocycles. The summed E-state index contributed by atoms with van der Waals surface area (Å²) < 4.78 is 11.1. The molecule has 4 rings (SSSR count). The molecule has 0 aliphatic carbocycles. The molecule has 9 heteroatoms. The van der Waals surface area contributed by atoms with Crippen LogP contribution < -0.4 is 14.9 Å². The molecule has 0 saturated heterocycles. The third-order valence-electron chi connectivity index (χ3n) is 5.03. The van der Waals surface area contributed by atoms with Gasteiger partial charge in [-0.25, -0.2) is 10.2 Å². The van der Waals surface area contributed by atoms with Crippen LogP contribution in [0.4, 0.5) is 0 Å². The number of rotatable bonds is 8. The van der Waals surface area contributed by atoms with Crippen molar-refractivity contribution in [3.05, 3.63) is 128 Å². The summed E-state index contributed by atoms with van der Waals surface area (Å²) in [7, 11) is 0. The highest BCUT2D eigenvalue weighted by molar-refractivity contribution is 6.36. The number of nitrogens with one attached hydrogen (secondary N) is 1. The summed E-state index contributed by atoms with van der Waals surface area (Å²) in [6.07, 6.45) is 1.44. The third-order valence-corrected chi connectivity index (χ3v) is 5.83. The van der Waals surface area contributed by atoms with Gasteiger partial charge in [-0.15, -0.1) is 0 Å². The highest BCUT2D eigenvalue weighted by Crippen LogP contribution is 2.23. The summed E-state index contributed by atoms with van der Waals surface area (Å²) in [4.78, 5) is 24.8. The molecule has 0 aliphatic heterocycles. The van der Waals surface area contributed by atoms with Gasteiger partial charge in [0.25, 0.3) is 5.91 Å². The first-order valence-corrected chi connectivity index (χ1v) is 12.1. The summed E-state index contributed by atoms with van der Waals surface area (Å²) in [5.41, 5.74) is 4.67. The maximum absolute atomic E-state index is 12.4. The Labute approximate surface area is 228 Å². The lowest BCUT2D eigenvalue weighted by atomic mass is 10.2. The zero-order valence-electron chi connectivity index (χ0n) is 19.2. The van der Waals surface area contributed by atoms with Crippen LogP contribution >= 0.6 is 34.8 Å². The first kappa shape index (κ1) is 26.2. The average molecular weight is 554 g/mol. The number of nitrogens with zero attached hydrogens (tertiary/aromatic N) is 1. The highest BCUT2D eigenvalue weighted by Gasteiger charge is 2.13. The number of carbonyl (C=O) groups excluding carboxylic acids is 2. The molecule has 0 atom stereocenters. The van der Waals surface area contributed by atoms with Gasteiger partial charge in [0.15, 0.2) is 0 Å². The number of hydrazone groups is 1. The molecule has 1 N–H and O–H groups in total. The van der Waals surface area contributed by atoms with E-state index in [4.69, 9.17) is 44.3 Å². The summed E-state index contributed by atoms with van der Waals surface area (Å²) in [6, 6.07) is 25.2. The standard InChI is InChI=1S/C28H19Cl3N2O4/c29-21-8-4-18(5-9-21)17-36-23-11-6-20(7-12-23)27(34)33-32-16-19-2-1-3-24(14-19)37-28(35)25-13-10-22(30)15-26(25)31/h1-16H,17H2,(H,33,34)/b32-16-. The first-order valence-electron chi connectivity index (χ1n) is 11.0. The van der Waals surface area contributed by atoms with Gasteiger partial charge >= 0.3 is 5.97 Å². The van der Waals surface area contributed by atoms with Crippen LogP contribution in [0.15, 0.2) is 96.1 Å². The molecule has 0 radical (unpaired) electrons. The number of esters is 1. The normalized spacial score (nSPS) is 10.8. The lowest BCUT2D eigenvalue weighted by Crippen LogP contribution is -2.17. The molecule has 0 unspecified atom stereocenters. The Morgan fingerprint density at radius 3 is 2.27 bits per heavy atom. The van der Waals surface area contributed by atoms with E-state index in [1.807, 2.05) is 12.1 Å².